The average molecular weight is 288 g/mol. The molecule has 2 rings (SSSR count). The van der Waals surface area contributed by atoms with Crippen molar-refractivity contribution in [1.29, 1.82) is 0 Å². The van der Waals surface area contributed by atoms with E-state index in [1.54, 1.807) is 0 Å². The lowest BCUT2D eigenvalue weighted by Gasteiger charge is -2.25. The molecule has 1 amide bonds. The summed E-state index contributed by atoms with van der Waals surface area (Å²) < 4.78 is 0. The maximum Gasteiger partial charge on any atom is 0.244 e. The molecule has 0 heterocycles. The number of nitrogens with one attached hydrogen (secondary N) is 1. The summed E-state index contributed by atoms with van der Waals surface area (Å²) in [6.45, 7) is 10.5. The minimum atomic E-state index is -0.759. The van der Waals surface area contributed by atoms with Gasteiger partial charge >= 0.3 is 0 Å². The number of nitrogens with two attached hydrogens (primary N) is 1. The molecule has 1 aromatic carbocycles. The lowest BCUT2D eigenvalue weighted by atomic mass is 9.92. The summed E-state index contributed by atoms with van der Waals surface area (Å²) in [6, 6.07) is 6.32. The van der Waals surface area contributed by atoms with Crippen LogP contribution in [-0.2, 0) is 4.79 Å². The molecular formula is C18H28N2O. The standard InChI is InChI=1S/C18H28N2O/c1-11(2)13-6-9-16(15(10-13)12(3)4)20-17(21)18(5,19)14-7-8-14/h6,9-12,14H,7-8,19H2,1-5H3,(H,20,21). The molecule has 0 spiro atoms. The number of anilines is 1. The van der Waals surface area contributed by atoms with E-state index in [-0.39, 0.29) is 5.91 Å². The zero-order valence-electron chi connectivity index (χ0n) is 13.9. The molecule has 1 unspecified atom stereocenters. The highest BCUT2D eigenvalue weighted by molar-refractivity contribution is 5.98. The van der Waals surface area contributed by atoms with Crippen molar-refractivity contribution >= 4 is 11.6 Å². The van der Waals surface area contributed by atoms with Gasteiger partial charge in [-0.3, -0.25) is 4.79 Å². The van der Waals surface area contributed by atoms with E-state index < -0.39 is 5.54 Å². The molecule has 21 heavy (non-hydrogen) atoms. The van der Waals surface area contributed by atoms with Gasteiger partial charge < -0.3 is 11.1 Å². The van der Waals surface area contributed by atoms with E-state index in [1.807, 2.05) is 13.0 Å². The quantitative estimate of drug-likeness (QED) is 0.860. The first-order chi connectivity index (χ1) is 9.73. The van der Waals surface area contributed by atoms with E-state index in [2.05, 4.69) is 45.1 Å². The fraction of sp³-hybridized carbons (Fsp3) is 0.611. The number of hydrogen-bond donors (Lipinski definition) is 2. The second-order valence-corrected chi connectivity index (χ2v) is 7.17. The predicted molar refractivity (Wildman–Crippen MR) is 88.6 cm³/mol. The van der Waals surface area contributed by atoms with Gasteiger partial charge in [0.15, 0.2) is 0 Å². The number of amides is 1. The van der Waals surface area contributed by atoms with Crippen LogP contribution in [0.3, 0.4) is 0 Å². The lowest BCUT2D eigenvalue weighted by molar-refractivity contribution is -0.121. The molecule has 3 N–H and O–H groups in total. The second-order valence-electron chi connectivity index (χ2n) is 7.17. The van der Waals surface area contributed by atoms with Gasteiger partial charge in [-0.2, -0.15) is 0 Å². The molecule has 0 bridgehead atoms. The van der Waals surface area contributed by atoms with Gasteiger partial charge in [0, 0.05) is 5.69 Å². The largest absolute Gasteiger partial charge is 0.324 e. The van der Waals surface area contributed by atoms with Crippen LogP contribution in [0, 0.1) is 5.92 Å². The Balaban J connectivity index is 2.25. The summed E-state index contributed by atoms with van der Waals surface area (Å²) in [7, 11) is 0. The van der Waals surface area contributed by atoms with E-state index in [4.69, 9.17) is 5.73 Å². The van der Waals surface area contributed by atoms with Crippen molar-refractivity contribution in [2.45, 2.75) is 64.8 Å². The molecule has 1 aromatic rings. The molecule has 0 aromatic heterocycles. The highest BCUT2D eigenvalue weighted by Gasteiger charge is 2.44. The second kappa shape index (κ2) is 5.80. The normalized spacial score (nSPS) is 17.9. The van der Waals surface area contributed by atoms with Gasteiger partial charge in [-0.25, -0.2) is 0 Å². The van der Waals surface area contributed by atoms with Crippen molar-refractivity contribution in [3.05, 3.63) is 29.3 Å². The third-order valence-electron chi connectivity index (χ3n) is 4.53. The first kappa shape index (κ1) is 16.0. The number of carbonyl (C=O) groups is 1. The SMILES string of the molecule is CC(C)c1ccc(NC(=O)C(C)(N)C2CC2)c(C(C)C)c1. The van der Waals surface area contributed by atoms with Gasteiger partial charge in [-0.1, -0.05) is 39.8 Å². The van der Waals surface area contributed by atoms with Gasteiger partial charge in [0.05, 0.1) is 5.54 Å². The van der Waals surface area contributed by atoms with Crippen molar-refractivity contribution in [2.75, 3.05) is 5.32 Å². The molecule has 0 saturated heterocycles. The zero-order chi connectivity index (χ0) is 15.8. The molecule has 3 heteroatoms. The molecule has 0 aliphatic heterocycles. The van der Waals surface area contributed by atoms with E-state index >= 15 is 0 Å². The van der Waals surface area contributed by atoms with Gasteiger partial charge in [0.25, 0.3) is 0 Å². The minimum absolute atomic E-state index is 0.0656. The Morgan fingerprint density at radius 1 is 1.24 bits per heavy atom. The highest BCUT2D eigenvalue weighted by atomic mass is 16.2. The molecule has 1 aliphatic carbocycles. The zero-order valence-corrected chi connectivity index (χ0v) is 13.9. The van der Waals surface area contributed by atoms with Crippen LogP contribution < -0.4 is 11.1 Å². The molecule has 3 nitrogen and oxygen atoms in total. The van der Waals surface area contributed by atoms with E-state index in [0.717, 1.165) is 18.5 Å². The van der Waals surface area contributed by atoms with E-state index in [0.29, 0.717) is 17.8 Å². The van der Waals surface area contributed by atoms with Crippen LogP contribution in [0.2, 0.25) is 0 Å². The van der Waals surface area contributed by atoms with Crippen LogP contribution in [0.25, 0.3) is 0 Å². The minimum Gasteiger partial charge on any atom is -0.324 e. The third kappa shape index (κ3) is 3.46. The van der Waals surface area contributed by atoms with Crippen molar-refractivity contribution in [2.24, 2.45) is 11.7 Å². The van der Waals surface area contributed by atoms with Gasteiger partial charge in [0.2, 0.25) is 5.91 Å². The topological polar surface area (TPSA) is 55.1 Å². The summed E-state index contributed by atoms with van der Waals surface area (Å²) >= 11 is 0. The Bertz CT molecular complexity index is 528. The third-order valence-corrected chi connectivity index (χ3v) is 4.53. The molecule has 0 radical (unpaired) electrons. The van der Waals surface area contributed by atoms with Crippen molar-refractivity contribution < 1.29 is 4.79 Å². The van der Waals surface area contributed by atoms with Crippen LogP contribution in [0.15, 0.2) is 18.2 Å². The number of hydrogen-bond acceptors (Lipinski definition) is 2. The molecule has 1 fully saturated rings. The maximum absolute atomic E-state index is 12.5. The molecule has 1 saturated carbocycles. The van der Waals surface area contributed by atoms with E-state index in [1.165, 1.54) is 11.1 Å². The van der Waals surface area contributed by atoms with Crippen LogP contribution in [0.1, 0.15) is 70.4 Å². The van der Waals surface area contributed by atoms with Crippen LogP contribution in [-0.4, -0.2) is 11.4 Å². The molecule has 116 valence electrons. The lowest BCUT2D eigenvalue weighted by Crippen LogP contribution is -2.50. The summed E-state index contributed by atoms with van der Waals surface area (Å²) in [6.07, 6.45) is 2.12. The number of rotatable bonds is 5. The van der Waals surface area contributed by atoms with Gasteiger partial charge in [-0.05, 0) is 54.7 Å². The first-order valence-electron chi connectivity index (χ1n) is 7.97. The molecule has 1 atom stereocenters. The maximum atomic E-state index is 12.5. The van der Waals surface area contributed by atoms with Crippen molar-refractivity contribution in [3.8, 4) is 0 Å². The molecule has 1 aliphatic rings. The van der Waals surface area contributed by atoms with E-state index in [9.17, 15) is 4.79 Å². The highest BCUT2D eigenvalue weighted by Crippen LogP contribution is 2.39. The van der Waals surface area contributed by atoms with Gasteiger partial charge in [0.1, 0.15) is 0 Å². The smallest absolute Gasteiger partial charge is 0.244 e. The summed E-state index contributed by atoms with van der Waals surface area (Å²) in [5, 5.41) is 3.06. The molecular weight excluding hydrogens is 260 g/mol. The summed E-state index contributed by atoms with van der Waals surface area (Å²) in [4.78, 5) is 12.5. The Morgan fingerprint density at radius 2 is 1.86 bits per heavy atom. The first-order valence-corrected chi connectivity index (χ1v) is 7.97. The van der Waals surface area contributed by atoms with Crippen molar-refractivity contribution in [1.82, 2.24) is 0 Å². The Morgan fingerprint density at radius 3 is 2.33 bits per heavy atom. The van der Waals surface area contributed by atoms with Crippen LogP contribution >= 0.6 is 0 Å². The monoisotopic (exact) mass is 288 g/mol. The summed E-state index contributed by atoms with van der Waals surface area (Å²) in [5.41, 5.74) is 8.83. The van der Waals surface area contributed by atoms with Crippen LogP contribution in [0.5, 0.6) is 0 Å². The number of carbonyl (C=O) groups excluding carboxylic acids is 1. The summed E-state index contributed by atoms with van der Waals surface area (Å²) in [5.74, 6) is 1.11. The van der Waals surface area contributed by atoms with Crippen LogP contribution in [0.4, 0.5) is 5.69 Å². The fourth-order valence-corrected chi connectivity index (χ4v) is 2.66. The predicted octanol–water partition coefficient (Wildman–Crippen LogP) is 4.00. The Kier molecular flexibility index (Phi) is 4.43. The Hall–Kier alpha value is -1.35. The van der Waals surface area contributed by atoms with Gasteiger partial charge in [-0.15, -0.1) is 0 Å². The Labute approximate surface area is 128 Å². The fourth-order valence-electron chi connectivity index (χ4n) is 2.66. The van der Waals surface area contributed by atoms with Crippen molar-refractivity contribution in [3.63, 3.8) is 0 Å². The average Bonchev–Trinajstić information content (AvgIpc) is 3.22. The number of benzene rings is 1.